The Kier molecular flexibility index (Phi) is 7.19. The number of aromatic amines is 1. The molecule has 34 heavy (non-hydrogen) atoms. The highest BCUT2D eigenvalue weighted by molar-refractivity contribution is 5.80. The molecule has 0 aliphatic carbocycles. The van der Waals surface area contributed by atoms with E-state index in [0.29, 0.717) is 6.54 Å². The number of rotatable bonds is 8. The largest absolute Gasteiger partial charge is 0.377 e. The summed E-state index contributed by atoms with van der Waals surface area (Å²) in [6.07, 6.45) is 4.14. The Morgan fingerprint density at radius 2 is 2.00 bits per heavy atom. The van der Waals surface area contributed by atoms with Crippen molar-refractivity contribution in [2.24, 2.45) is 0 Å². The van der Waals surface area contributed by atoms with Crippen LogP contribution >= 0.6 is 0 Å². The zero-order valence-corrected chi connectivity index (χ0v) is 21.4. The van der Waals surface area contributed by atoms with Gasteiger partial charge in [-0.3, -0.25) is 9.69 Å². The van der Waals surface area contributed by atoms with Gasteiger partial charge in [0, 0.05) is 30.8 Å². The lowest BCUT2D eigenvalue weighted by molar-refractivity contribution is 0.0465. The fourth-order valence-electron chi connectivity index (χ4n) is 4.84. The third kappa shape index (κ3) is 5.23. The zero-order valence-electron chi connectivity index (χ0n) is 21.4. The number of hydrogen-bond acceptors (Lipinski definition) is 6. The van der Waals surface area contributed by atoms with E-state index in [1.54, 1.807) is 0 Å². The number of benzene rings is 1. The van der Waals surface area contributed by atoms with Gasteiger partial charge in [0.25, 0.3) is 5.56 Å². The van der Waals surface area contributed by atoms with Crippen molar-refractivity contribution in [2.75, 3.05) is 13.2 Å². The van der Waals surface area contributed by atoms with Crippen molar-refractivity contribution >= 4 is 10.9 Å². The fourth-order valence-corrected chi connectivity index (χ4v) is 4.84. The van der Waals surface area contributed by atoms with Gasteiger partial charge in [0.05, 0.1) is 17.7 Å². The van der Waals surface area contributed by atoms with Crippen molar-refractivity contribution in [1.29, 1.82) is 0 Å². The first-order valence-electron chi connectivity index (χ1n) is 12.4. The molecule has 0 radical (unpaired) electrons. The lowest BCUT2D eigenvalue weighted by Gasteiger charge is -2.34. The zero-order chi connectivity index (χ0) is 24.5. The molecule has 0 spiro atoms. The first-order valence-corrected chi connectivity index (χ1v) is 12.4. The Bertz CT molecular complexity index is 1190. The maximum Gasteiger partial charge on any atom is 0.252 e. The highest BCUT2D eigenvalue weighted by Crippen LogP contribution is 2.30. The SMILES string of the molecule is CCC[C@@H](c1nnnn1C(C)(C)C)N(Cc1cc2cc(C)c(C)cc2[nH]c1=O)C[C@@H]1CCCO1. The number of aryl methyl sites for hydroxylation is 2. The van der Waals surface area contributed by atoms with E-state index in [2.05, 4.69) is 79.1 Å². The topological polar surface area (TPSA) is 88.9 Å². The summed E-state index contributed by atoms with van der Waals surface area (Å²) in [7, 11) is 0. The molecule has 2 atom stereocenters. The van der Waals surface area contributed by atoms with Crippen LogP contribution in [-0.4, -0.2) is 49.3 Å². The Morgan fingerprint density at radius 1 is 1.24 bits per heavy atom. The third-order valence-corrected chi connectivity index (χ3v) is 6.80. The van der Waals surface area contributed by atoms with Crippen LogP contribution in [0.25, 0.3) is 10.9 Å². The van der Waals surface area contributed by atoms with E-state index in [4.69, 9.17) is 4.74 Å². The van der Waals surface area contributed by atoms with Gasteiger partial charge >= 0.3 is 0 Å². The van der Waals surface area contributed by atoms with Crippen LogP contribution in [0.1, 0.15) is 81.9 Å². The van der Waals surface area contributed by atoms with Crippen LogP contribution in [0.5, 0.6) is 0 Å². The van der Waals surface area contributed by atoms with Crippen molar-refractivity contribution in [3.05, 3.63) is 51.1 Å². The normalized spacial score (nSPS) is 17.7. The minimum absolute atomic E-state index is 0.0155. The van der Waals surface area contributed by atoms with Crippen LogP contribution in [0.3, 0.4) is 0 Å². The summed E-state index contributed by atoms with van der Waals surface area (Å²) in [5.41, 5.74) is 3.74. The van der Waals surface area contributed by atoms with E-state index in [9.17, 15) is 4.79 Å². The predicted octanol–water partition coefficient (Wildman–Crippen LogP) is 4.41. The minimum Gasteiger partial charge on any atom is -0.377 e. The van der Waals surface area contributed by atoms with Gasteiger partial charge in [-0.25, -0.2) is 4.68 Å². The van der Waals surface area contributed by atoms with Gasteiger partial charge in [0.2, 0.25) is 0 Å². The summed E-state index contributed by atoms with van der Waals surface area (Å²) >= 11 is 0. The Labute approximate surface area is 201 Å². The summed E-state index contributed by atoms with van der Waals surface area (Å²) in [5.74, 6) is 0.844. The maximum absolute atomic E-state index is 13.1. The number of aromatic nitrogens is 5. The molecule has 4 rings (SSSR count). The summed E-state index contributed by atoms with van der Waals surface area (Å²) in [6, 6.07) is 6.23. The molecular formula is C26H38N6O2. The highest BCUT2D eigenvalue weighted by Gasteiger charge is 2.32. The van der Waals surface area contributed by atoms with Gasteiger partial charge in [0.15, 0.2) is 5.82 Å². The molecule has 8 nitrogen and oxygen atoms in total. The number of nitrogens with one attached hydrogen (secondary N) is 1. The second kappa shape index (κ2) is 9.96. The number of ether oxygens (including phenoxy) is 1. The Hall–Kier alpha value is -2.58. The average molecular weight is 467 g/mol. The first-order chi connectivity index (χ1) is 16.2. The van der Waals surface area contributed by atoms with Crippen molar-refractivity contribution in [3.63, 3.8) is 0 Å². The van der Waals surface area contributed by atoms with Gasteiger partial charge < -0.3 is 9.72 Å². The van der Waals surface area contributed by atoms with Crippen LogP contribution in [-0.2, 0) is 16.8 Å². The standard InChI is InChI=1S/C26H38N6O2/c1-7-9-23(24-28-29-30-32(24)26(4,5)6)31(16-21-10-8-11-34-21)15-20-14-19-12-17(2)18(3)13-22(19)27-25(20)33/h12-14,21,23H,7-11,15-16H2,1-6H3,(H,27,33)/t21-,23-/m0/s1. The molecule has 184 valence electrons. The van der Waals surface area contributed by atoms with Crippen LogP contribution in [0, 0.1) is 13.8 Å². The summed E-state index contributed by atoms with van der Waals surface area (Å²) in [4.78, 5) is 18.6. The lowest BCUT2D eigenvalue weighted by atomic mass is 10.0. The van der Waals surface area contributed by atoms with E-state index in [1.165, 1.54) is 11.1 Å². The molecule has 1 aliphatic rings. The van der Waals surface area contributed by atoms with Crippen molar-refractivity contribution in [2.45, 2.75) is 91.5 Å². The third-order valence-electron chi connectivity index (χ3n) is 6.80. The molecule has 1 aromatic carbocycles. The molecule has 0 saturated carbocycles. The average Bonchev–Trinajstić information content (AvgIpc) is 3.45. The molecule has 0 unspecified atom stereocenters. The van der Waals surface area contributed by atoms with Crippen LogP contribution < -0.4 is 5.56 Å². The molecule has 3 heterocycles. The molecule has 1 N–H and O–H groups in total. The molecule has 0 amide bonds. The smallest absolute Gasteiger partial charge is 0.252 e. The molecule has 1 fully saturated rings. The Balaban J connectivity index is 1.75. The number of hydrogen-bond donors (Lipinski definition) is 1. The van der Waals surface area contributed by atoms with Crippen molar-refractivity contribution < 1.29 is 4.74 Å². The number of H-pyrrole nitrogens is 1. The van der Waals surface area contributed by atoms with Crippen molar-refractivity contribution in [1.82, 2.24) is 30.1 Å². The van der Waals surface area contributed by atoms with Gasteiger partial charge in [-0.05, 0) is 99.0 Å². The summed E-state index contributed by atoms with van der Waals surface area (Å²) in [5, 5.41) is 13.9. The summed E-state index contributed by atoms with van der Waals surface area (Å²) in [6.45, 7) is 14.7. The number of nitrogens with zero attached hydrogens (tertiary/aromatic N) is 5. The molecule has 2 aromatic heterocycles. The van der Waals surface area contributed by atoms with E-state index in [0.717, 1.165) is 61.1 Å². The van der Waals surface area contributed by atoms with Crippen LogP contribution in [0.2, 0.25) is 0 Å². The molecule has 1 saturated heterocycles. The number of fused-ring (bicyclic) bond motifs is 1. The predicted molar refractivity (Wildman–Crippen MR) is 134 cm³/mol. The molecule has 3 aromatic rings. The van der Waals surface area contributed by atoms with Gasteiger partial charge in [-0.1, -0.05) is 13.3 Å². The van der Waals surface area contributed by atoms with Crippen LogP contribution in [0.15, 0.2) is 23.0 Å². The monoisotopic (exact) mass is 466 g/mol. The number of pyridine rings is 1. The van der Waals surface area contributed by atoms with Crippen molar-refractivity contribution in [3.8, 4) is 0 Å². The quantitative estimate of drug-likeness (QED) is 0.529. The van der Waals surface area contributed by atoms with E-state index in [-0.39, 0.29) is 23.2 Å². The lowest BCUT2D eigenvalue weighted by Crippen LogP contribution is -2.39. The second-order valence-electron chi connectivity index (χ2n) is 10.6. The molecule has 8 heteroatoms. The minimum atomic E-state index is -0.240. The molecular weight excluding hydrogens is 428 g/mol. The van der Waals surface area contributed by atoms with Gasteiger partial charge in [0.1, 0.15) is 0 Å². The number of tetrazole rings is 1. The van der Waals surface area contributed by atoms with Gasteiger partial charge in [-0.15, -0.1) is 5.10 Å². The maximum atomic E-state index is 13.1. The summed E-state index contributed by atoms with van der Waals surface area (Å²) < 4.78 is 7.93. The second-order valence-corrected chi connectivity index (χ2v) is 10.6. The highest BCUT2D eigenvalue weighted by atomic mass is 16.5. The van der Waals surface area contributed by atoms with E-state index >= 15 is 0 Å². The fraction of sp³-hybridized carbons (Fsp3) is 0.615. The Morgan fingerprint density at radius 3 is 2.68 bits per heavy atom. The first kappa shape index (κ1) is 24.5. The van der Waals surface area contributed by atoms with Crippen LogP contribution in [0.4, 0.5) is 0 Å². The molecule has 1 aliphatic heterocycles. The van der Waals surface area contributed by atoms with Gasteiger partial charge in [-0.2, -0.15) is 0 Å². The van der Waals surface area contributed by atoms with E-state index < -0.39 is 0 Å². The van der Waals surface area contributed by atoms with E-state index in [1.807, 2.05) is 10.7 Å². The molecule has 0 bridgehead atoms.